The van der Waals surface area contributed by atoms with E-state index in [1.54, 1.807) is 24.3 Å². The lowest BCUT2D eigenvalue weighted by Crippen LogP contribution is -2.70. The predicted molar refractivity (Wildman–Crippen MR) is 105 cm³/mol. The van der Waals surface area contributed by atoms with E-state index in [9.17, 15) is 61.9 Å². The monoisotopic (exact) mass is 622 g/mol. The van der Waals surface area contributed by atoms with E-state index in [0.717, 1.165) is 16.6 Å². The Morgan fingerprint density at radius 2 is 1.03 bits per heavy atom. The van der Waals surface area contributed by atoms with E-state index < -0.39 is 54.6 Å². The van der Waals surface area contributed by atoms with E-state index in [4.69, 9.17) is 0 Å². The van der Waals surface area contributed by atoms with Crippen LogP contribution in [-0.2, 0) is 4.79 Å². The van der Waals surface area contributed by atoms with Crippen molar-refractivity contribution in [1.82, 2.24) is 0 Å². The highest BCUT2D eigenvalue weighted by molar-refractivity contribution is 9.10. The molecule has 0 unspecified atom stereocenters. The Hall–Kier alpha value is -2.52. The van der Waals surface area contributed by atoms with Crippen molar-refractivity contribution >= 4 is 21.9 Å². The molecule has 0 bridgehead atoms. The summed E-state index contributed by atoms with van der Waals surface area (Å²) in [6.45, 7) is 0. The first-order valence-corrected chi connectivity index (χ1v) is 10.4. The molecule has 2 aromatic carbocycles. The molecule has 0 aliphatic carbocycles. The molecule has 37 heavy (non-hydrogen) atoms. The average molecular weight is 623 g/mol. The van der Waals surface area contributed by atoms with Gasteiger partial charge in [-0.25, -0.2) is 0 Å². The summed E-state index contributed by atoms with van der Waals surface area (Å²) in [7, 11) is 0. The number of rotatable bonds is 9. The smallest absolute Gasteiger partial charge is 0.427 e. The molecule has 0 fully saturated rings. The number of alkyl halides is 13. The van der Waals surface area contributed by atoms with Gasteiger partial charge in [0.05, 0.1) is 6.42 Å². The molecule has 0 atom stereocenters. The molecule has 16 heteroatoms. The quantitative estimate of drug-likeness (QED) is 0.159. The number of esters is 1. The van der Waals surface area contributed by atoms with Gasteiger partial charge < -0.3 is 4.74 Å². The van der Waals surface area contributed by atoms with Gasteiger partial charge in [-0.1, -0.05) is 40.2 Å². The summed E-state index contributed by atoms with van der Waals surface area (Å²) < 4.78 is 176. The van der Waals surface area contributed by atoms with Gasteiger partial charge in [0.2, 0.25) is 0 Å². The van der Waals surface area contributed by atoms with Gasteiger partial charge in [-0.3, -0.25) is 4.79 Å². The van der Waals surface area contributed by atoms with Crippen molar-refractivity contribution in [2.75, 3.05) is 0 Å². The van der Waals surface area contributed by atoms with Crippen molar-refractivity contribution in [2.24, 2.45) is 0 Å². The van der Waals surface area contributed by atoms with Crippen LogP contribution in [0.2, 0.25) is 0 Å². The van der Waals surface area contributed by atoms with Crippen LogP contribution in [0.15, 0.2) is 53.0 Å². The van der Waals surface area contributed by atoms with Gasteiger partial charge >= 0.3 is 41.8 Å². The van der Waals surface area contributed by atoms with E-state index in [1.807, 2.05) is 0 Å². The van der Waals surface area contributed by atoms with Crippen LogP contribution >= 0.6 is 15.9 Å². The molecule has 2 rings (SSSR count). The van der Waals surface area contributed by atoms with Crippen molar-refractivity contribution in [3.05, 3.63) is 53.0 Å². The highest BCUT2D eigenvalue weighted by Crippen LogP contribution is 2.60. The number of ether oxygens (including phenoxy) is 1. The Morgan fingerprint density at radius 1 is 0.622 bits per heavy atom. The van der Waals surface area contributed by atoms with Crippen molar-refractivity contribution in [1.29, 1.82) is 0 Å². The van der Waals surface area contributed by atoms with Gasteiger partial charge in [-0.2, -0.15) is 57.1 Å². The van der Waals surface area contributed by atoms with E-state index in [1.165, 1.54) is 12.1 Å². The van der Waals surface area contributed by atoms with Crippen molar-refractivity contribution in [3.8, 4) is 16.9 Å². The SMILES string of the molecule is O=C(CCC(F)(F)C(F)(F)C(F)(F)C(F)(F)C(F)(F)C(F)(F)F)Oc1ccc(-c2ccc(Br)cc2)cc1. The lowest BCUT2D eigenvalue weighted by molar-refractivity contribution is -0.440. The standard InChI is InChI=1S/C21H12BrF13O2/c22-13-5-1-11(2-6-13)12-3-7-14(8-4-12)37-15(36)9-10-16(23,24)17(25,26)18(27,28)19(29,30)20(31,32)21(33,34)35/h1-8H,9-10H2. The maximum absolute atomic E-state index is 13.8. The number of benzene rings is 2. The maximum atomic E-state index is 13.8. The van der Waals surface area contributed by atoms with Gasteiger partial charge in [0, 0.05) is 10.9 Å². The second-order valence-electron chi connectivity index (χ2n) is 7.51. The van der Waals surface area contributed by atoms with E-state index in [2.05, 4.69) is 20.7 Å². The molecule has 206 valence electrons. The minimum atomic E-state index is -7.98. The largest absolute Gasteiger partial charge is 0.460 e. The molecular formula is C21H12BrF13O2. The fourth-order valence-corrected chi connectivity index (χ4v) is 3.02. The van der Waals surface area contributed by atoms with Crippen molar-refractivity contribution < 1.29 is 66.6 Å². The Kier molecular flexibility index (Phi) is 8.28. The van der Waals surface area contributed by atoms with Crippen LogP contribution in [-0.4, -0.2) is 41.8 Å². The summed E-state index contributed by atoms with van der Waals surface area (Å²) in [6.07, 6.45) is -12.0. The lowest BCUT2D eigenvalue weighted by Gasteiger charge is -2.39. The minimum absolute atomic E-state index is 0.331. The Labute approximate surface area is 207 Å². The van der Waals surface area contributed by atoms with Crippen LogP contribution in [0.25, 0.3) is 11.1 Å². The minimum Gasteiger partial charge on any atom is -0.427 e. The molecule has 0 aromatic heterocycles. The first-order valence-electron chi connectivity index (χ1n) is 9.61. The van der Waals surface area contributed by atoms with Crippen molar-refractivity contribution in [2.45, 2.75) is 48.6 Å². The van der Waals surface area contributed by atoms with Gasteiger partial charge in [-0.05, 0) is 35.4 Å². The molecule has 0 aliphatic heterocycles. The fourth-order valence-electron chi connectivity index (χ4n) is 2.76. The first kappa shape index (κ1) is 30.7. The third-order valence-corrected chi connectivity index (χ3v) is 5.43. The summed E-state index contributed by atoms with van der Waals surface area (Å²) in [5.74, 6) is -39.5. The molecule has 0 spiro atoms. The fraction of sp³-hybridized carbons (Fsp3) is 0.381. The number of carbonyl (C=O) groups excluding carboxylic acids is 1. The predicted octanol–water partition coefficient (Wildman–Crippen LogP) is 8.54. The Balaban J connectivity index is 2.13. The molecular weight excluding hydrogens is 611 g/mol. The lowest BCUT2D eigenvalue weighted by atomic mass is 9.92. The zero-order valence-corrected chi connectivity index (χ0v) is 19.2. The highest BCUT2D eigenvalue weighted by atomic mass is 79.9. The van der Waals surface area contributed by atoms with Gasteiger partial charge in [0.1, 0.15) is 5.75 Å². The molecule has 2 aromatic rings. The van der Waals surface area contributed by atoms with Crippen molar-refractivity contribution in [3.63, 3.8) is 0 Å². The third kappa shape index (κ3) is 5.67. The molecule has 0 amide bonds. The van der Waals surface area contributed by atoms with Crippen LogP contribution in [0.4, 0.5) is 57.1 Å². The van der Waals surface area contributed by atoms with Crippen LogP contribution in [0.1, 0.15) is 12.8 Å². The topological polar surface area (TPSA) is 26.3 Å². The molecule has 0 aliphatic rings. The summed E-state index contributed by atoms with van der Waals surface area (Å²) in [4.78, 5) is 11.7. The Bertz CT molecular complexity index is 1090. The number of carbonyl (C=O) groups is 1. The summed E-state index contributed by atoms with van der Waals surface area (Å²) in [5, 5.41) is 0. The number of hydrogen-bond acceptors (Lipinski definition) is 2. The van der Waals surface area contributed by atoms with Gasteiger partial charge in [0.15, 0.2) is 0 Å². The molecule has 0 saturated heterocycles. The summed E-state index contributed by atoms with van der Waals surface area (Å²) in [6, 6.07) is 11.8. The molecule has 0 N–H and O–H groups in total. The van der Waals surface area contributed by atoms with Crippen LogP contribution < -0.4 is 4.74 Å². The van der Waals surface area contributed by atoms with Crippen LogP contribution in [0.5, 0.6) is 5.75 Å². The van der Waals surface area contributed by atoms with E-state index in [0.29, 0.717) is 11.1 Å². The zero-order chi connectivity index (χ0) is 28.7. The number of halogens is 14. The average Bonchev–Trinajstić information content (AvgIpc) is 2.77. The van der Waals surface area contributed by atoms with E-state index >= 15 is 0 Å². The number of hydrogen-bond donors (Lipinski definition) is 0. The molecule has 2 nitrogen and oxygen atoms in total. The van der Waals surface area contributed by atoms with Crippen LogP contribution in [0, 0.1) is 0 Å². The third-order valence-electron chi connectivity index (χ3n) is 4.91. The zero-order valence-electron chi connectivity index (χ0n) is 17.6. The second-order valence-corrected chi connectivity index (χ2v) is 8.42. The van der Waals surface area contributed by atoms with Gasteiger partial charge in [0.25, 0.3) is 0 Å². The van der Waals surface area contributed by atoms with Crippen LogP contribution in [0.3, 0.4) is 0 Å². The maximum Gasteiger partial charge on any atom is 0.460 e. The summed E-state index contributed by atoms with van der Waals surface area (Å²) in [5.41, 5.74) is 1.27. The van der Waals surface area contributed by atoms with Gasteiger partial charge in [-0.15, -0.1) is 0 Å². The first-order chi connectivity index (χ1) is 16.6. The normalized spacial score (nSPS) is 14.0. The van der Waals surface area contributed by atoms with E-state index in [-0.39, 0.29) is 5.75 Å². The molecule has 0 saturated carbocycles. The summed E-state index contributed by atoms with van der Waals surface area (Å²) >= 11 is 3.22. The Morgan fingerprint density at radius 3 is 1.46 bits per heavy atom. The molecule has 0 heterocycles. The highest BCUT2D eigenvalue weighted by Gasteiger charge is 2.90. The second kappa shape index (κ2) is 9.98. The molecule has 0 radical (unpaired) electrons.